The van der Waals surface area contributed by atoms with E-state index < -0.39 is 0 Å². The highest BCUT2D eigenvalue weighted by molar-refractivity contribution is 5.40. The molecule has 3 nitrogen and oxygen atoms in total. The normalized spacial score (nSPS) is 10.5. The molecule has 3 heteroatoms. The third-order valence-electron chi connectivity index (χ3n) is 1.09. The predicted molar refractivity (Wildman–Crippen MR) is 41.1 cm³/mol. The molecule has 0 amide bonds. The highest BCUT2D eigenvalue weighted by atomic mass is 15.2. The standard InChI is InChI=1S/C7H9N3/c1-3-5-10-6-8-9-7(10)4-2/h3-6H,2H2,1H3/b5-3-. The summed E-state index contributed by atoms with van der Waals surface area (Å²) in [6.45, 7) is 5.53. The van der Waals surface area contributed by atoms with Crippen LogP contribution in [0.1, 0.15) is 12.7 Å². The maximum absolute atomic E-state index is 3.80. The minimum absolute atomic E-state index is 0.762. The van der Waals surface area contributed by atoms with Crippen LogP contribution >= 0.6 is 0 Å². The lowest BCUT2D eigenvalue weighted by molar-refractivity contribution is 1.07. The molecule has 0 aliphatic carbocycles. The Hall–Kier alpha value is -1.38. The number of rotatable bonds is 2. The minimum Gasteiger partial charge on any atom is -0.289 e. The first-order valence-corrected chi connectivity index (χ1v) is 3.03. The fourth-order valence-electron chi connectivity index (χ4n) is 0.673. The van der Waals surface area contributed by atoms with Crippen LogP contribution in [-0.2, 0) is 0 Å². The Bertz CT molecular complexity index is 247. The molecular weight excluding hydrogens is 126 g/mol. The summed E-state index contributed by atoms with van der Waals surface area (Å²) in [4.78, 5) is 0. The number of aromatic nitrogens is 3. The molecule has 0 saturated heterocycles. The minimum atomic E-state index is 0.762. The van der Waals surface area contributed by atoms with Crippen LogP contribution in [0.3, 0.4) is 0 Å². The molecule has 1 heterocycles. The molecule has 10 heavy (non-hydrogen) atoms. The second-order valence-electron chi connectivity index (χ2n) is 1.78. The Morgan fingerprint density at radius 2 is 2.50 bits per heavy atom. The summed E-state index contributed by atoms with van der Waals surface area (Å²) in [7, 11) is 0. The molecule has 1 aromatic rings. The van der Waals surface area contributed by atoms with Gasteiger partial charge in [-0.3, -0.25) is 4.57 Å². The monoisotopic (exact) mass is 135 g/mol. The van der Waals surface area contributed by atoms with E-state index in [9.17, 15) is 0 Å². The average molecular weight is 135 g/mol. The van der Waals surface area contributed by atoms with Gasteiger partial charge in [0, 0.05) is 6.20 Å². The van der Waals surface area contributed by atoms with Crippen molar-refractivity contribution >= 4 is 12.3 Å². The lowest BCUT2D eigenvalue weighted by atomic mass is 10.6. The Balaban J connectivity index is 3.00. The third kappa shape index (κ3) is 1.13. The van der Waals surface area contributed by atoms with Crippen molar-refractivity contribution in [3.63, 3.8) is 0 Å². The maximum Gasteiger partial charge on any atom is 0.159 e. The first-order valence-electron chi connectivity index (χ1n) is 3.03. The lowest BCUT2D eigenvalue weighted by Crippen LogP contribution is -1.86. The molecule has 0 aliphatic heterocycles. The molecule has 1 aromatic heterocycles. The van der Waals surface area contributed by atoms with Crippen molar-refractivity contribution in [2.24, 2.45) is 0 Å². The van der Waals surface area contributed by atoms with Crippen molar-refractivity contribution in [3.8, 4) is 0 Å². The highest BCUT2D eigenvalue weighted by Gasteiger charge is 1.92. The summed E-state index contributed by atoms with van der Waals surface area (Å²) in [5.41, 5.74) is 0. The van der Waals surface area contributed by atoms with E-state index in [0.717, 1.165) is 5.82 Å². The van der Waals surface area contributed by atoms with Crippen LogP contribution in [0.25, 0.3) is 12.3 Å². The quantitative estimate of drug-likeness (QED) is 0.613. The SMILES string of the molecule is C=Cc1nncn1/C=C\C. The van der Waals surface area contributed by atoms with Gasteiger partial charge in [0.15, 0.2) is 5.82 Å². The predicted octanol–water partition coefficient (Wildman–Crippen LogP) is 1.41. The molecule has 0 bridgehead atoms. The summed E-state index contributed by atoms with van der Waals surface area (Å²) in [6, 6.07) is 0. The summed E-state index contributed by atoms with van der Waals surface area (Å²) >= 11 is 0. The van der Waals surface area contributed by atoms with Crippen LogP contribution < -0.4 is 0 Å². The van der Waals surface area contributed by atoms with Gasteiger partial charge in [0.25, 0.3) is 0 Å². The topological polar surface area (TPSA) is 30.7 Å². The molecule has 0 radical (unpaired) electrons. The zero-order valence-electron chi connectivity index (χ0n) is 5.86. The van der Waals surface area contributed by atoms with Gasteiger partial charge in [-0.25, -0.2) is 0 Å². The first kappa shape index (κ1) is 6.74. The summed E-state index contributed by atoms with van der Waals surface area (Å²) in [5, 5.41) is 7.50. The molecule has 0 aliphatic rings. The van der Waals surface area contributed by atoms with Crippen molar-refractivity contribution in [1.29, 1.82) is 0 Å². The van der Waals surface area contributed by atoms with Crippen molar-refractivity contribution in [2.75, 3.05) is 0 Å². The molecule has 0 spiro atoms. The van der Waals surface area contributed by atoms with E-state index in [1.165, 1.54) is 0 Å². The molecule has 0 unspecified atom stereocenters. The van der Waals surface area contributed by atoms with Gasteiger partial charge in [0.05, 0.1) is 0 Å². The molecule has 0 N–H and O–H groups in total. The van der Waals surface area contributed by atoms with Crippen LogP contribution in [0.2, 0.25) is 0 Å². The molecule has 1 rings (SSSR count). The fraction of sp³-hybridized carbons (Fsp3) is 0.143. The van der Waals surface area contributed by atoms with Gasteiger partial charge in [-0.05, 0) is 13.0 Å². The third-order valence-corrected chi connectivity index (χ3v) is 1.09. The van der Waals surface area contributed by atoms with Gasteiger partial charge < -0.3 is 0 Å². The number of allylic oxidation sites excluding steroid dienone is 1. The van der Waals surface area contributed by atoms with E-state index in [-0.39, 0.29) is 0 Å². The molecule has 0 aromatic carbocycles. The van der Waals surface area contributed by atoms with E-state index in [1.807, 2.05) is 19.2 Å². The van der Waals surface area contributed by atoms with Crippen LogP contribution in [0.4, 0.5) is 0 Å². The van der Waals surface area contributed by atoms with E-state index >= 15 is 0 Å². The van der Waals surface area contributed by atoms with Crippen molar-refractivity contribution in [3.05, 3.63) is 24.8 Å². The maximum atomic E-state index is 3.80. The van der Waals surface area contributed by atoms with Gasteiger partial charge >= 0.3 is 0 Å². The van der Waals surface area contributed by atoms with Gasteiger partial charge in [-0.2, -0.15) is 0 Å². The molecule has 0 fully saturated rings. The fourth-order valence-corrected chi connectivity index (χ4v) is 0.673. The smallest absolute Gasteiger partial charge is 0.159 e. The van der Waals surface area contributed by atoms with Gasteiger partial charge in [-0.1, -0.05) is 12.7 Å². The van der Waals surface area contributed by atoms with E-state index in [2.05, 4.69) is 16.8 Å². The summed E-state index contributed by atoms with van der Waals surface area (Å²) < 4.78 is 1.80. The van der Waals surface area contributed by atoms with Crippen LogP contribution in [-0.4, -0.2) is 14.8 Å². The summed E-state index contributed by atoms with van der Waals surface area (Å²) in [5.74, 6) is 0.762. The van der Waals surface area contributed by atoms with E-state index in [4.69, 9.17) is 0 Å². The zero-order valence-corrected chi connectivity index (χ0v) is 5.86. The molecular formula is C7H9N3. The highest BCUT2D eigenvalue weighted by Crippen LogP contribution is 1.95. The zero-order chi connectivity index (χ0) is 7.40. The molecule has 0 atom stereocenters. The Morgan fingerprint density at radius 3 is 3.10 bits per heavy atom. The van der Waals surface area contributed by atoms with Gasteiger partial charge in [-0.15, -0.1) is 10.2 Å². The number of hydrogen-bond donors (Lipinski definition) is 0. The Morgan fingerprint density at radius 1 is 1.70 bits per heavy atom. The van der Waals surface area contributed by atoms with Crippen molar-refractivity contribution in [1.82, 2.24) is 14.8 Å². The Labute approximate surface area is 59.7 Å². The largest absolute Gasteiger partial charge is 0.289 e. The van der Waals surface area contributed by atoms with Gasteiger partial charge in [0.1, 0.15) is 6.33 Å². The number of nitrogens with zero attached hydrogens (tertiary/aromatic N) is 3. The second kappa shape index (κ2) is 2.96. The Kier molecular flexibility index (Phi) is 1.99. The van der Waals surface area contributed by atoms with E-state index in [1.54, 1.807) is 17.0 Å². The average Bonchev–Trinajstić information content (AvgIpc) is 2.36. The van der Waals surface area contributed by atoms with E-state index in [0.29, 0.717) is 0 Å². The van der Waals surface area contributed by atoms with Crippen molar-refractivity contribution in [2.45, 2.75) is 6.92 Å². The molecule has 0 saturated carbocycles. The second-order valence-corrected chi connectivity index (χ2v) is 1.78. The number of hydrogen-bond acceptors (Lipinski definition) is 2. The first-order chi connectivity index (χ1) is 4.88. The van der Waals surface area contributed by atoms with Gasteiger partial charge in [0.2, 0.25) is 0 Å². The summed E-state index contributed by atoms with van der Waals surface area (Å²) in [6.07, 6.45) is 7.08. The lowest BCUT2D eigenvalue weighted by Gasteiger charge is -1.90. The van der Waals surface area contributed by atoms with Crippen LogP contribution in [0, 0.1) is 0 Å². The molecule has 52 valence electrons. The van der Waals surface area contributed by atoms with Crippen LogP contribution in [0.5, 0.6) is 0 Å². The van der Waals surface area contributed by atoms with Crippen molar-refractivity contribution < 1.29 is 0 Å². The van der Waals surface area contributed by atoms with Crippen LogP contribution in [0.15, 0.2) is 19.0 Å².